The summed E-state index contributed by atoms with van der Waals surface area (Å²) in [6.07, 6.45) is 0.148. The Morgan fingerprint density at radius 1 is 0.926 bits per heavy atom. The number of hydrogen-bond donors (Lipinski definition) is 1. The number of fused-ring (bicyclic) bond motifs is 1. The zero-order chi connectivity index (χ0) is 19.1. The third-order valence-electron chi connectivity index (χ3n) is 4.55. The standard InChI is InChI=1S/C23H23NO3/c1-17(18-8-3-2-4-9-18)15-24-22(25)16-27-23(26)14-20-12-7-11-19-10-5-6-13-21(19)20/h2-13,17H,14-16H2,1H3,(H,24,25)/t17-/m0/s1. The quantitative estimate of drug-likeness (QED) is 0.651. The molecule has 0 radical (unpaired) electrons. The van der Waals surface area contributed by atoms with Crippen LogP contribution in [-0.2, 0) is 20.7 Å². The number of hydrogen-bond acceptors (Lipinski definition) is 3. The Kier molecular flexibility index (Phi) is 6.21. The Bertz CT molecular complexity index is 916. The third kappa shape index (κ3) is 5.17. The number of rotatable bonds is 7. The van der Waals surface area contributed by atoms with Gasteiger partial charge in [0.25, 0.3) is 5.91 Å². The van der Waals surface area contributed by atoms with Gasteiger partial charge in [-0.1, -0.05) is 79.7 Å². The Labute approximate surface area is 159 Å². The van der Waals surface area contributed by atoms with Gasteiger partial charge in [-0.25, -0.2) is 0 Å². The Morgan fingerprint density at radius 2 is 1.63 bits per heavy atom. The number of esters is 1. The molecule has 0 heterocycles. The van der Waals surface area contributed by atoms with Crippen LogP contribution >= 0.6 is 0 Å². The largest absolute Gasteiger partial charge is 0.455 e. The highest BCUT2D eigenvalue weighted by Gasteiger charge is 2.12. The summed E-state index contributed by atoms with van der Waals surface area (Å²) < 4.78 is 5.14. The fourth-order valence-corrected chi connectivity index (χ4v) is 3.02. The van der Waals surface area contributed by atoms with Crippen LogP contribution in [0, 0.1) is 0 Å². The van der Waals surface area contributed by atoms with Crippen LogP contribution in [-0.4, -0.2) is 25.0 Å². The van der Waals surface area contributed by atoms with E-state index in [2.05, 4.69) is 5.32 Å². The van der Waals surface area contributed by atoms with Crippen molar-refractivity contribution in [2.75, 3.05) is 13.2 Å². The first-order chi connectivity index (χ1) is 13.1. The summed E-state index contributed by atoms with van der Waals surface area (Å²) in [5, 5.41) is 4.92. The molecule has 0 aliphatic rings. The van der Waals surface area contributed by atoms with Gasteiger partial charge < -0.3 is 10.1 Å². The number of amides is 1. The van der Waals surface area contributed by atoms with Crippen molar-refractivity contribution in [3.8, 4) is 0 Å². The second kappa shape index (κ2) is 8.99. The van der Waals surface area contributed by atoms with E-state index in [9.17, 15) is 9.59 Å². The van der Waals surface area contributed by atoms with E-state index >= 15 is 0 Å². The number of nitrogens with one attached hydrogen (secondary N) is 1. The van der Waals surface area contributed by atoms with Crippen molar-refractivity contribution in [2.45, 2.75) is 19.3 Å². The number of carbonyl (C=O) groups excluding carboxylic acids is 2. The maximum absolute atomic E-state index is 12.1. The summed E-state index contributed by atoms with van der Waals surface area (Å²) >= 11 is 0. The number of ether oxygens (including phenoxy) is 1. The lowest BCUT2D eigenvalue weighted by Gasteiger charge is -2.13. The van der Waals surface area contributed by atoms with E-state index < -0.39 is 5.97 Å². The smallest absolute Gasteiger partial charge is 0.310 e. The first-order valence-corrected chi connectivity index (χ1v) is 9.07. The van der Waals surface area contributed by atoms with Crippen LogP contribution in [0.3, 0.4) is 0 Å². The molecule has 0 aromatic heterocycles. The molecule has 3 aromatic carbocycles. The summed E-state index contributed by atoms with van der Waals surface area (Å²) in [5.74, 6) is -0.497. The summed E-state index contributed by atoms with van der Waals surface area (Å²) in [5.41, 5.74) is 2.06. The lowest BCUT2D eigenvalue weighted by molar-refractivity contribution is -0.147. The SMILES string of the molecule is C[C@@H](CNC(=O)COC(=O)Cc1cccc2ccccc12)c1ccccc1. The molecule has 0 fully saturated rings. The first-order valence-electron chi connectivity index (χ1n) is 9.07. The lowest BCUT2D eigenvalue weighted by atomic mass is 10.0. The minimum atomic E-state index is -0.405. The van der Waals surface area contributed by atoms with Gasteiger partial charge in [0.05, 0.1) is 6.42 Å². The van der Waals surface area contributed by atoms with E-state index in [1.54, 1.807) is 0 Å². The van der Waals surface area contributed by atoms with E-state index in [1.165, 1.54) is 0 Å². The predicted octanol–water partition coefficient (Wildman–Crippen LogP) is 3.85. The molecule has 1 amide bonds. The van der Waals surface area contributed by atoms with Crippen LogP contribution in [0.5, 0.6) is 0 Å². The molecular formula is C23H23NO3. The number of carbonyl (C=O) groups is 2. The molecule has 1 atom stereocenters. The van der Waals surface area contributed by atoms with Gasteiger partial charge in [-0.15, -0.1) is 0 Å². The predicted molar refractivity (Wildman–Crippen MR) is 106 cm³/mol. The molecule has 0 bridgehead atoms. The van der Waals surface area contributed by atoms with Gasteiger partial charge >= 0.3 is 5.97 Å². The van der Waals surface area contributed by atoms with Gasteiger partial charge in [-0.2, -0.15) is 0 Å². The molecule has 27 heavy (non-hydrogen) atoms. The fraction of sp³-hybridized carbons (Fsp3) is 0.217. The second-order valence-electron chi connectivity index (χ2n) is 6.59. The van der Waals surface area contributed by atoms with Crippen molar-refractivity contribution in [3.05, 3.63) is 83.9 Å². The van der Waals surface area contributed by atoms with E-state index in [1.807, 2.05) is 79.7 Å². The molecule has 0 spiro atoms. The molecule has 1 N–H and O–H groups in total. The number of benzene rings is 3. The second-order valence-corrected chi connectivity index (χ2v) is 6.59. The molecule has 138 valence electrons. The average Bonchev–Trinajstić information content (AvgIpc) is 2.71. The Hall–Kier alpha value is -3.14. The van der Waals surface area contributed by atoms with Gasteiger partial charge in [-0.3, -0.25) is 9.59 Å². The lowest BCUT2D eigenvalue weighted by Crippen LogP contribution is -2.31. The molecule has 3 rings (SSSR count). The molecular weight excluding hydrogens is 338 g/mol. The zero-order valence-corrected chi connectivity index (χ0v) is 15.4. The molecule has 4 heteroatoms. The summed E-state index contributed by atoms with van der Waals surface area (Å²) in [7, 11) is 0. The van der Waals surface area contributed by atoms with Crippen molar-refractivity contribution in [1.29, 1.82) is 0 Å². The van der Waals surface area contributed by atoms with Gasteiger partial charge in [0.1, 0.15) is 0 Å². The maximum atomic E-state index is 12.1. The fourth-order valence-electron chi connectivity index (χ4n) is 3.02. The van der Waals surface area contributed by atoms with Crippen molar-refractivity contribution < 1.29 is 14.3 Å². The summed E-state index contributed by atoms with van der Waals surface area (Å²) in [4.78, 5) is 24.1. The van der Waals surface area contributed by atoms with Crippen LogP contribution in [0.4, 0.5) is 0 Å². The Balaban J connectivity index is 1.46. The van der Waals surface area contributed by atoms with Gasteiger partial charge in [0.15, 0.2) is 6.61 Å². The van der Waals surface area contributed by atoms with Gasteiger partial charge in [-0.05, 0) is 27.8 Å². The van der Waals surface area contributed by atoms with Crippen LogP contribution in [0.1, 0.15) is 24.0 Å². The van der Waals surface area contributed by atoms with Gasteiger partial charge in [0.2, 0.25) is 0 Å². The topological polar surface area (TPSA) is 55.4 Å². The Morgan fingerprint density at radius 3 is 2.44 bits per heavy atom. The van der Waals surface area contributed by atoms with Crippen molar-refractivity contribution in [3.63, 3.8) is 0 Å². The average molecular weight is 361 g/mol. The van der Waals surface area contributed by atoms with Crippen LogP contribution in [0.25, 0.3) is 10.8 Å². The first kappa shape index (κ1) is 18.6. The van der Waals surface area contributed by atoms with E-state index in [-0.39, 0.29) is 24.9 Å². The normalized spacial score (nSPS) is 11.7. The highest BCUT2D eigenvalue weighted by atomic mass is 16.5. The highest BCUT2D eigenvalue weighted by molar-refractivity contribution is 5.89. The van der Waals surface area contributed by atoms with Crippen LogP contribution in [0.2, 0.25) is 0 Å². The zero-order valence-electron chi connectivity index (χ0n) is 15.4. The molecule has 4 nitrogen and oxygen atoms in total. The minimum Gasteiger partial charge on any atom is -0.455 e. The van der Waals surface area contributed by atoms with E-state index in [0.29, 0.717) is 6.54 Å². The van der Waals surface area contributed by atoms with E-state index in [0.717, 1.165) is 21.9 Å². The molecule has 0 aliphatic heterocycles. The van der Waals surface area contributed by atoms with Gasteiger partial charge in [0, 0.05) is 6.54 Å². The van der Waals surface area contributed by atoms with Crippen LogP contribution < -0.4 is 5.32 Å². The van der Waals surface area contributed by atoms with Crippen molar-refractivity contribution in [1.82, 2.24) is 5.32 Å². The minimum absolute atomic E-state index is 0.148. The molecule has 0 unspecified atom stereocenters. The van der Waals surface area contributed by atoms with Crippen molar-refractivity contribution >= 4 is 22.6 Å². The molecule has 3 aromatic rings. The summed E-state index contributed by atoms with van der Waals surface area (Å²) in [6, 6.07) is 23.7. The molecule has 0 saturated heterocycles. The molecule has 0 aliphatic carbocycles. The summed E-state index contributed by atoms with van der Waals surface area (Å²) in [6.45, 7) is 2.29. The van der Waals surface area contributed by atoms with Crippen molar-refractivity contribution in [2.24, 2.45) is 0 Å². The maximum Gasteiger partial charge on any atom is 0.310 e. The third-order valence-corrected chi connectivity index (χ3v) is 4.55. The van der Waals surface area contributed by atoms with Crippen LogP contribution in [0.15, 0.2) is 72.8 Å². The monoisotopic (exact) mass is 361 g/mol. The molecule has 0 saturated carbocycles. The van der Waals surface area contributed by atoms with E-state index in [4.69, 9.17) is 4.74 Å². The highest BCUT2D eigenvalue weighted by Crippen LogP contribution is 2.19.